The van der Waals surface area contributed by atoms with Crippen LogP contribution in [-0.4, -0.2) is 12.5 Å². The predicted molar refractivity (Wildman–Crippen MR) is 79.4 cm³/mol. The molecule has 0 aromatic heterocycles. The van der Waals surface area contributed by atoms with Crippen molar-refractivity contribution in [3.05, 3.63) is 59.2 Å². The Morgan fingerprint density at radius 1 is 1.05 bits per heavy atom. The molecule has 0 heterocycles. The first kappa shape index (κ1) is 15.0. The molecule has 0 unspecified atom stereocenters. The van der Waals surface area contributed by atoms with Gasteiger partial charge in [0, 0.05) is 17.4 Å². The minimum Gasteiger partial charge on any atom is -0.376 e. The zero-order valence-electron chi connectivity index (χ0n) is 11.8. The van der Waals surface area contributed by atoms with Crippen molar-refractivity contribution in [2.75, 3.05) is 17.2 Å². The van der Waals surface area contributed by atoms with Gasteiger partial charge in [-0.25, -0.2) is 8.78 Å². The van der Waals surface area contributed by atoms with Crippen molar-refractivity contribution in [3.8, 4) is 0 Å². The van der Waals surface area contributed by atoms with E-state index >= 15 is 0 Å². The van der Waals surface area contributed by atoms with Crippen molar-refractivity contribution in [3.63, 3.8) is 0 Å². The quantitative estimate of drug-likeness (QED) is 0.902. The number of rotatable bonds is 4. The van der Waals surface area contributed by atoms with Gasteiger partial charge in [0.25, 0.3) is 0 Å². The highest BCUT2D eigenvalue weighted by atomic mass is 19.2. The van der Waals surface area contributed by atoms with Crippen molar-refractivity contribution in [1.29, 1.82) is 0 Å². The topological polar surface area (TPSA) is 41.1 Å². The third kappa shape index (κ3) is 3.78. The molecule has 21 heavy (non-hydrogen) atoms. The molecule has 0 atom stereocenters. The number of para-hydroxylation sites is 1. The molecule has 0 fully saturated rings. The van der Waals surface area contributed by atoms with Gasteiger partial charge in [-0.3, -0.25) is 4.79 Å². The second-order valence-electron chi connectivity index (χ2n) is 4.80. The Balaban J connectivity index is 1.97. The van der Waals surface area contributed by atoms with E-state index in [1.54, 1.807) is 0 Å². The van der Waals surface area contributed by atoms with Gasteiger partial charge in [0.2, 0.25) is 5.91 Å². The Kier molecular flexibility index (Phi) is 4.52. The molecule has 2 rings (SSSR count). The summed E-state index contributed by atoms with van der Waals surface area (Å²) in [5.74, 6) is -2.12. The van der Waals surface area contributed by atoms with Gasteiger partial charge in [-0.2, -0.15) is 0 Å². The van der Waals surface area contributed by atoms with Gasteiger partial charge < -0.3 is 10.6 Å². The van der Waals surface area contributed by atoms with Crippen molar-refractivity contribution >= 4 is 17.3 Å². The average Bonchev–Trinajstić information content (AvgIpc) is 2.44. The van der Waals surface area contributed by atoms with E-state index in [2.05, 4.69) is 10.6 Å². The van der Waals surface area contributed by atoms with Crippen LogP contribution in [-0.2, 0) is 4.79 Å². The van der Waals surface area contributed by atoms with Gasteiger partial charge in [-0.1, -0.05) is 18.2 Å². The Bertz CT molecular complexity index is 651. The fraction of sp³-hybridized carbons (Fsp3) is 0.188. The number of halogens is 2. The molecule has 0 saturated heterocycles. The Morgan fingerprint density at radius 2 is 1.71 bits per heavy atom. The van der Waals surface area contributed by atoms with Crippen LogP contribution in [0.2, 0.25) is 0 Å². The van der Waals surface area contributed by atoms with Crippen LogP contribution in [0.3, 0.4) is 0 Å². The van der Waals surface area contributed by atoms with E-state index in [1.165, 1.54) is 6.07 Å². The molecule has 0 saturated carbocycles. The Morgan fingerprint density at radius 3 is 2.33 bits per heavy atom. The summed E-state index contributed by atoms with van der Waals surface area (Å²) >= 11 is 0. The lowest BCUT2D eigenvalue weighted by atomic mass is 10.1. The lowest BCUT2D eigenvalue weighted by Gasteiger charge is -2.12. The first-order valence-electron chi connectivity index (χ1n) is 6.52. The van der Waals surface area contributed by atoms with E-state index < -0.39 is 11.6 Å². The molecule has 110 valence electrons. The van der Waals surface area contributed by atoms with Gasteiger partial charge in [-0.05, 0) is 37.1 Å². The molecule has 1 amide bonds. The second-order valence-corrected chi connectivity index (χ2v) is 4.80. The number of aryl methyl sites for hydroxylation is 2. The third-order valence-corrected chi connectivity index (χ3v) is 3.12. The third-order valence-electron chi connectivity index (χ3n) is 3.12. The second kappa shape index (κ2) is 6.35. The van der Waals surface area contributed by atoms with Crippen molar-refractivity contribution in [2.24, 2.45) is 0 Å². The molecule has 2 N–H and O–H groups in total. The van der Waals surface area contributed by atoms with E-state index in [0.29, 0.717) is 5.69 Å². The number of carbonyl (C=O) groups excluding carboxylic acids is 1. The molecule has 0 radical (unpaired) electrons. The highest BCUT2D eigenvalue weighted by molar-refractivity contribution is 5.95. The normalized spacial score (nSPS) is 10.3. The summed E-state index contributed by atoms with van der Waals surface area (Å²) in [5, 5.41) is 5.56. The minimum absolute atomic E-state index is 0.0289. The number of benzene rings is 2. The van der Waals surface area contributed by atoms with Crippen molar-refractivity contribution in [2.45, 2.75) is 13.8 Å². The van der Waals surface area contributed by atoms with Gasteiger partial charge in [-0.15, -0.1) is 0 Å². The Hall–Kier alpha value is -2.43. The molecular formula is C16H16F2N2O. The van der Waals surface area contributed by atoms with E-state index in [-0.39, 0.29) is 12.5 Å². The van der Waals surface area contributed by atoms with Crippen LogP contribution in [0.4, 0.5) is 20.2 Å². The molecule has 2 aromatic rings. The highest BCUT2D eigenvalue weighted by Gasteiger charge is 2.08. The molecule has 0 aliphatic carbocycles. The van der Waals surface area contributed by atoms with Crippen LogP contribution in [0.15, 0.2) is 36.4 Å². The summed E-state index contributed by atoms with van der Waals surface area (Å²) in [6.45, 7) is 3.79. The number of nitrogens with one attached hydrogen (secondary N) is 2. The summed E-state index contributed by atoms with van der Waals surface area (Å²) in [6, 6.07) is 9.14. The lowest BCUT2D eigenvalue weighted by Crippen LogP contribution is -2.22. The van der Waals surface area contributed by atoms with E-state index in [0.717, 1.165) is 28.9 Å². The summed E-state index contributed by atoms with van der Waals surface area (Å²) in [4.78, 5) is 11.9. The molecule has 5 heteroatoms. The number of anilines is 2. The highest BCUT2D eigenvalue weighted by Crippen LogP contribution is 2.19. The number of carbonyl (C=O) groups is 1. The molecule has 0 spiro atoms. The lowest BCUT2D eigenvalue weighted by molar-refractivity contribution is -0.114. The zero-order valence-corrected chi connectivity index (χ0v) is 11.8. The molecule has 3 nitrogen and oxygen atoms in total. The molecular weight excluding hydrogens is 274 g/mol. The van der Waals surface area contributed by atoms with Crippen LogP contribution >= 0.6 is 0 Å². The van der Waals surface area contributed by atoms with Gasteiger partial charge >= 0.3 is 0 Å². The predicted octanol–water partition coefficient (Wildman–Crippen LogP) is 3.63. The minimum atomic E-state index is -0.949. The number of hydrogen-bond donors (Lipinski definition) is 2. The molecule has 0 aliphatic heterocycles. The number of hydrogen-bond acceptors (Lipinski definition) is 2. The summed E-state index contributed by atoms with van der Waals surface area (Å²) in [6.07, 6.45) is 0. The molecule has 2 aromatic carbocycles. The average molecular weight is 290 g/mol. The maximum atomic E-state index is 13.0. The molecule has 0 aliphatic rings. The standard InChI is InChI=1S/C16H16F2N2O/c1-10-4-3-5-11(2)16(10)20-15(21)9-19-12-6-7-13(17)14(18)8-12/h3-8,19H,9H2,1-2H3,(H,20,21). The van der Waals surface area contributed by atoms with E-state index in [9.17, 15) is 13.6 Å². The SMILES string of the molecule is Cc1cccc(C)c1NC(=O)CNc1ccc(F)c(F)c1. The first-order chi connectivity index (χ1) is 9.97. The van der Waals surface area contributed by atoms with Crippen LogP contribution in [0.25, 0.3) is 0 Å². The number of amides is 1. The zero-order chi connectivity index (χ0) is 15.4. The van der Waals surface area contributed by atoms with E-state index in [1.807, 2.05) is 32.0 Å². The Labute approximate surface area is 122 Å². The van der Waals surface area contributed by atoms with Crippen LogP contribution in [0.1, 0.15) is 11.1 Å². The summed E-state index contributed by atoms with van der Waals surface area (Å²) in [5.41, 5.74) is 3.06. The van der Waals surface area contributed by atoms with E-state index in [4.69, 9.17) is 0 Å². The van der Waals surface area contributed by atoms with Crippen molar-refractivity contribution in [1.82, 2.24) is 0 Å². The summed E-state index contributed by atoms with van der Waals surface area (Å²) < 4.78 is 25.8. The summed E-state index contributed by atoms with van der Waals surface area (Å²) in [7, 11) is 0. The maximum Gasteiger partial charge on any atom is 0.243 e. The van der Waals surface area contributed by atoms with Gasteiger partial charge in [0.15, 0.2) is 11.6 Å². The fourth-order valence-corrected chi connectivity index (χ4v) is 1.98. The van der Waals surface area contributed by atoms with Crippen molar-refractivity contribution < 1.29 is 13.6 Å². The van der Waals surface area contributed by atoms with Crippen LogP contribution < -0.4 is 10.6 Å². The monoisotopic (exact) mass is 290 g/mol. The maximum absolute atomic E-state index is 13.0. The van der Waals surface area contributed by atoms with Gasteiger partial charge in [0.05, 0.1) is 6.54 Å². The fourth-order valence-electron chi connectivity index (χ4n) is 1.98. The molecule has 0 bridgehead atoms. The van der Waals surface area contributed by atoms with Crippen LogP contribution in [0.5, 0.6) is 0 Å². The first-order valence-corrected chi connectivity index (χ1v) is 6.52. The smallest absolute Gasteiger partial charge is 0.243 e. The largest absolute Gasteiger partial charge is 0.376 e. The van der Waals surface area contributed by atoms with Crippen LogP contribution in [0, 0.1) is 25.5 Å². The van der Waals surface area contributed by atoms with Gasteiger partial charge in [0.1, 0.15) is 0 Å².